The van der Waals surface area contributed by atoms with Crippen molar-refractivity contribution in [1.29, 1.82) is 0 Å². The highest BCUT2D eigenvalue weighted by molar-refractivity contribution is 7.10. The van der Waals surface area contributed by atoms with Crippen molar-refractivity contribution in [3.63, 3.8) is 0 Å². The minimum atomic E-state index is -1.03. The molecule has 0 saturated heterocycles. The molecule has 5 nitrogen and oxygen atoms in total. The fourth-order valence-electron chi connectivity index (χ4n) is 2.43. The summed E-state index contributed by atoms with van der Waals surface area (Å²) in [7, 11) is 0. The fraction of sp³-hybridized carbons (Fsp3) is 0.286. The number of hydrogen-bond acceptors (Lipinski definition) is 4. The van der Waals surface area contributed by atoms with Gasteiger partial charge in [0.05, 0.1) is 10.6 Å². The first-order valence-corrected chi connectivity index (χ1v) is 6.96. The average Bonchev–Trinajstić information content (AvgIpc) is 2.67. The third-order valence-corrected chi connectivity index (χ3v) is 4.53. The van der Waals surface area contributed by atoms with Gasteiger partial charge in [-0.05, 0) is 26.0 Å². The Kier molecular flexibility index (Phi) is 2.72. The van der Waals surface area contributed by atoms with Gasteiger partial charge < -0.3 is 9.84 Å². The quantitative estimate of drug-likeness (QED) is 0.921. The standard InChI is InChI=1S/C14H13NO4S/c1-14(2)12-11(8-5-3-4-6-9(8)19-14)15(7-10(16)17)13(18)20-12/h3-6H,7H2,1-2H3,(H,16,17). The molecular weight excluding hydrogens is 278 g/mol. The molecule has 20 heavy (non-hydrogen) atoms. The maximum absolute atomic E-state index is 12.1. The summed E-state index contributed by atoms with van der Waals surface area (Å²) in [5.41, 5.74) is 0.785. The SMILES string of the molecule is CC1(C)Oc2ccccc2-c2c1sc(=O)n2CC(=O)O. The van der Waals surface area contributed by atoms with E-state index >= 15 is 0 Å². The second kappa shape index (κ2) is 4.21. The van der Waals surface area contributed by atoms with Crippen molar-refractivity contribution in [3.8, 4) is 17.0 Å². The zero-order valence-electron chi connectivity index (χ0n) is 11.0. The fourth-order valence-corrected chi connectivity index (χ4v) is 3.48. The van der Waals surface area contributed by atoms with Crippen molar-refractivity contribution in [1.82, 2.24) is 4.57 Å². The third-order valence-electron chi connectivity index (χ3n) is 3.24. The predicted octanol–water partition coefficient (Wildman–Crippen LogP) is 2.29. The number of carboxylic acids is 1. The van der Waals surface area contributed by atoms with E-state index in [1.165, 1.54) is 4.57 Å². The highest BCUT2D eigenvalue weighted by Crippen LogP contribution is 2.46. The summed E-state index contributed by atoms with van der Waals surface area (Å²) in [5, 5.41) is 9.00. The van der Waals surface area contributed by atoms with E-state index in [0.717, 1.165) is 21.8 Å². The lowest BCUT2D eigenvalue weighted by Gasteiger charge is -2.32. The van der Waals surface area contributed by atoms with E-state index in [2.05, 4.69) is 0 Å². The summed E-state index contributed by atoms with van der Waals surface area (Å²) in [6, 6.07) is 7.37. The van der Waals surface area contributed by atoms with E-state index in [4.69, 9.17) is 9.84 Å². The Bertz CT molecular complexity index is 757. The van der Waals surface area contributed by atoms with Crippen LogP contribution in [0.5, 0.6) is 5.75 Å². The number of carbonyl (C=O) groups is 1. The third kappa shape index (κ3) is 1.84. The molecule has 1 aliphatic rings. The molecule has 1 aromatic carbocycles. The van der Waals surface area contributed by atoms with Crippen LogP contribution in [0.25, 0.3) is 11.3 Å². The van der Waals surface area contributed by atoms with Gasteiger partial charge in [0.25, 0.3) is 0 Å². The van der Waals surface area contributed by atoms with Crippen molar-refractivity contribution >= 4 is 17.3 Å². The molecule has 0 radical (unpaired) electrons. The number of thiazole rings is 1. The molecular formula is C14H13NO4S. The normalized spacial score (nSPS) is 15.1. The van der Waals surface area contributed by atoms with Gasteiger partial charge in [0.2, 0.25) is 0 Å². The van der Waals surface area contributed by atoms with Crippen LogP contribution in [0.15, 0.2) is 29.1 Å². The summed E-state index contributed by atoms with van der Waals surface area (Å²) in [4.78, 5) is 23.6. The monoisotopic (exact) mass is 291 g/mol. The van der Waals surface area contributed by atoms with Crippen LogP contribution < -0.4 is 9.61 Å². The van der Waals surface area contributed by atoms with E-state index in [1.807, 2.05) is 38.1 Å². The number of ether oxygens (including phenoxy) is 1. The van der Waals surface area contributed by atoms with Gasteiger partial charge >= 0.3 is 10.8 Å². The summed E-state index contributed by atoms with van der Waals surface area (Å²) < 4.78 is 7.24. The summed E-state index contributed by atoms with van der Waals surface area (Å²) in [6.07, 6.45) is 0. The van der Waals surface area contributed by atoms with E-state index in [0.29, 0.717) is 11.4 Å². The van der Waals surface area contributed by atoms with E-state index in [-0.39, 0.29) is 11.4 Å². The molecule has 0 amide bonds. The Hall–Kier alpha value is -2.08. The minimum Gasteiger partial charge on any atom is -0.482 e. The first-order chi connectivity index (χ1) is 9.40. The lowest BCUT2D eigenvalue weighted by molar-refractivity contribution is -0.137. The van der Waals surface area contributed by atoms with Gasteiger partial charge in [0.1, 0.15) is 17.9 Å². The molecule has 0 saturated carbocycles. The van der Waals surface area contributed by atoms with Gasteiger partial charge in [-0.25, -0.2) is 0 Å². The maximum atomic E-state index is 12.1. The number of hydrogen-bond donors (Lipinski definition) is 1. The predicted molar refractivity (Wildman–Crippen MR) is 75.3 cm³/mol. The Morgan fingerprint density at radius 3 is 2.80 bits per heavy atom. The van der Waals surface area contributed by atoms with Gasteiger partial charge in [-0.2, -0.15) is 0 Å². The van der Waals surface area contributed by atoms with Gasteiger partial charge in [0.15, 0.2) is 0 Å². The van der Waals surface area contributed by atoms with Crippen molar-refractivity contribution in [2.75, 3.05) is 0 Å². The average molecular weight is 291 g/mol. The van der Waals surface area contributed by atoms with Crippen LogP contribution in [0.2, 0.25) is 0 Å². The molecule has 0 bridgehead atoms. The number of carboxylic acid groups (broad SMARTS) is 1. The molecule has 6 heteroatoms. The summed E-state index contributed by atoms with van der Waals surface area (Å²) >= 11 is 1.05. The van der Waals surface area contributed by atoms with Gasteiger partial charge in [-0.15, -0.1) is 0 Å². The van der Waals surface area contributed by atoms with Crippen LogP contribution in [-0.4, -0.2) is 15.6 Å². The molecule has 1 aliphatic heterocycles. The molecule has 0 atom stereocenters. The van der Waals surface area contributed by atoms with E-state index < -0.39 is 11.6 Å². The topological polar surface area (TPSA) is 68.5 Å². The largest absolute Gasteiger partial charge is 0.482 e. The lowest BCUT2D eigenvalue weighted by Crippen LogP contribution is -2.29. The molecule has 0 aliphatic carbocycles. The Labute approximate surface area is 119 Å². The van der Waals surface area contributed by atoms with Crippen LogP contribution in [0.1, 0.15) is 18.7 Å². The molecule has 0 fully saturated rings. The number of nitrogens with zero attached hydrogens (tertiary/aromatic N) is 1. The number of rotatable bonds is 2. The number of para-hydroxylation sites is 1. The summed E-state index contributed by atoms with van der Waals surface area (Å²) in [5.74, 6) is -0.364. The smallest absolute Gasteiger partial charge is 0.323 e. The van der Waals surface area contributed by atoms with Gasteiger partial charge in [0, 0.05) is 5.56 Å². The molecule has 0 unspecified atom stereocenters. The number of aliphatic carboxylic acids is 1. The molecule has 104 valence electrons. The first-order valence-electron chi connectivity index (χ1n) is 6.14. The molecule has 1 aromatic heterocycles. The van der Waals surface area contributed by atoms with Crippen LogP contribution >= 0.6 is 11.3 Å². The first kappa shape index (κ1) is 12.9. The van der Waals surface area contributed by atoms with Crippen LogP contribution in [0.3, 0.4) is 0 Å². The van der Waals surface area contributed by atoms with Crippen molar-refractivity contribution in [2.45, 2.75) is 26.0 Å². The molecule has 3 rings (SSSR count). The molecule has 0 spiro atoms. The maximum Gasteiger partial charge on any atom is 0.323 e. The molecule has 2 aromatic rings. The van der Waals surface area contributed by atoms with E-state index in [1.54, 1.807) is 0 Å². The molecule has 1 N–H and O–H groups in total. The van der Waals surface area contributed by atoms with Crippen LogP contribution in [0.4, 0.5) is 0 Å². The lowest BCUT2D eigenvalue weighted by atomic mass is 9.97. The zero-order valence-corrected chi connectivity index (χ0v) is 11.9. The van der Waals surface area contributed by atoms with Gasteiger partial charge in [-0.3, -0.25) is 14.2 Å². The van der Waals surface area contributed by atoms with Crippen LogP contribution in [-0.2, 0) is 16.9 Å². The zero-order chi connectivity index (χ0) is 14.5. The van der Waals surface area contributed by atoms with E-state index in [9.17, 15) is 9.59 Å². The highest BCUT2D eigenvalue weighted by atomic mass is 32.1. The Morgan fingerprint density at radius 2 is 2.10 bits per heavy atom. The van der Waals surface area contributed by atoms with Crippen molar-refractivity contribution < 1.29 is 14.6 Å². The minimum absolute atomic E-state index is 0.272. The molecule has 2 heterocycles. The second-order valence-corrected chi connectivity index (χ2v) is 6.10. The second-order valence-electron chi connectivity index (χ2n) is 5.13. The number of aromatic nitrogens is 1. The van der Waals surface area contributed by atoms with Crippen molar-refractivity contribution in [3.05, 3.63) is 38.8 Å². The highest BCUT2D eigenvalue weighted by Gasteiger charge is 2.37. The summed E-state index contributed by atoms with van der Waals surface area (Å²) in [6.45, 7) is 3.42. The van der Waals surface area contributed by atoms with Crippen LogP contribution in [0, 0.1) is 0 Å². The Balaban J connectivity index is 2.33. The Morgan fingerprint density at radius 1 is 1.40 bits per heavy atom. The number of fused-ring (bicyclic) bond motifs is 3. The van der Waals surface area contributed by atoms with Gasteiger partial charge in [-0.1, -0.05) is 23.5 Å². The van der Waals surface area contributed by atoms with Crippen molar-refractivity contribution in [2.24, 2.45) is 0 Å². The number of benzene rings is 1.